The molecular weight excluding hydrogens is 474 g/mol. The van der Waals surface area contributed by atoms with Crippen molar-refractivity contribution >= 4 is 46.1 Å². The summed E-state index contributed by atoms with van der Waals surface area (Å²) in [6, 6.07) is 5.05. The molecule has 10 nitrogen and oxygen atoms in total. The average molecular weight is 500 g/mol. The predicted octanol–water partition coefficient (Wildman–Crippen LogP) is 2.52. The fourth-order valence-corrected chi connectivity index (χ4v) is 5.59. The highest BCUT2D eigenvalue weighted by Crippen LogP contribution is 2.35. The number of carbonyl (C=O) groups excluding carboxylic acids is 5. The van der Waals surface area contributed by atoms with Crippen LogP contribution < -0.4 is 10.6 Å². The highest BCUT2D eigenvalue weighted by Gasteiger charge is 2.49. The molecule has 1 fully saturated rings. The van der Waals surface area contributed by atoms with E-state index in [1.807, 2.05) is 18.2 Å². The minimum atomic E-state index is -1.30. The molecule has 0 bridgehead atoms. The topological polar surface area (TPSA) is 131 Å². The number of ether oxygens (including phenoxy) is 2. The van der Waals surface area contributed by atoms with Crippen LogP contribution in [0.4, 0.5) is 9.80 Å². The second kappa shape index (κ2) is 9.14. The number of esters is 2. The van der Waals surface area contributed by atoms with E-state index in [0.29, 0.717) is 11.1 Å². The summed E-state index contributed by atoms with van der Waals surface area (Å²) >= 11 is 0.847. The molecule has 1 aliphatic carbocycles. The number of hydrogen-bond acceptors (Lipinski definition) is 8. The van der Waals surface area contributed by atoms with E-state index >= 15 is 0 Å². The molecule has 184 valence electrons. The summed E-state index contributed by atoms with van der Waals surface area (Å²) in [5.41, 5.74) is 2.05. The van der Waals surface area contributed by atoms with Crippen LogP contribution in [0.5, 0.6) is 0 Å². The Hall–Kier alpha value is -3.73. The summed E-state index contributed by atoms with van der Waals surface area (Å²) in [6.07, 6.45) is 2.96. The van der Waals surface area contributed by atoms with Gasteiger partial charge in [-0.2, -0.15) is 0 Å². The van der Waals surface area contributed by atoms with Gasteiger partial charge in [0.05, 0.1) is 19.8 Å². The number of benzene rings is 1. The lowest BCUT2D eigenvalue weighted by Gasteiger charge is -2.23. The van der Waals surface area contributed by atoms with Crippen molar-refractivity contribution in [2.75, 3.05) is 26.1 Å². The number of fused-ring (bicyclic) bond motifs is 1. The van der Waals surface area contributed by atoms with E-state index in [4.69, 9.17) is 9.47 Å². The van der Waals surface area contributed by atoms with Crippen molar-refractivity contribution in [3.8, 4) is 0 Å². The van der Waals surface area contributed by atoms with Gasteiger partial charge in [0.2, 0.25) is 5.91 Å². The lowest BCUT2D eigenvalue weighted by Crippen LogP contribution is -2.42. The summed E-state index contributed by atoms with van der Waals surface area (Å²) in [7, 11) is 2.38. The molecule has 1 aliphatic heterocycles. The fourth-order valence-electron chi connectivity index (χ4n) is 4.47. The predicted molar refractivity (Wildman–Crippen MR) is 126 cm³/mol. The zero-order valence-corrected chi connectivity index (χ0v) is 20.6. The van der Waals surface area contributed by atoms with Crippen molar-refractivity contribution in [2.24, 2.45) is 0 Å². The Labute approximate surface area is 205 Å². The maximum Gasteiger partial charge on any atom is 0.348 e. The van der Waals surface area contributed by atoms with Crippen LogP contribution in [0.25, 0.3) is 0 Å². The van der Waals surface area contributed by atoms with Crippen molar-refractivity contribution in [3.05, 3.63) is 50.9 Å². The van der Waals surface area contributed by atoms with Crippen molar-refractivity contribution < 1.29 is 33.4 Å². The largest absolute Gasteiger partial charge is 0.465 e. The van der Waals surface area contributed by atoms with Crippen molar-refractivity contribution in [1.82, 2.24) is 10.2 Å². The molecule has 2 aromatic rings. The number of imide groups is 1. The molecule has 0 saturated carbocycles. The van der Waals surface area contributed by atoms with Crippen LogP contribution in [0.1, 0.15) is 55.6 Å². The lowest BCUT2D eigenvalue weighted by molar-refractivity contribution is -0.133. The molecule has 11 heteroatoms. The van der Waals surface area contributed by atoms with Gasteiger partial charge in [0.1, 0.15) is 22.0 Å². The Kier molecular flexibility index (Phi) is 6.37. The van der Waals surface area contributed by atoms with Gasteiger partial charge in [0.25, 0.3) is 5.91 Å². The van der Waals surface area contributed by atoms with E-state index in [0.717, 1.165) is 41.1 Å². The standard InChI is InChI=1S/C24H25N3O7S/c1-12-17(20(29)33-3)19(35-18(12)21(30)34-4)25-16(28)11-27-22(31)24(2,26-23(27)32)15-9-8-13-6-5-7-14(13)10-15/h8-10H,5-7,11H2,1-4H3,(H,25,28)(H,26,32). The minimum absolute atomic E-state index is 0.00595. The zero-order valence-electron chi connectivity index (χ0n) is 19.8. The Morgan fingerprint density at radius 3 is 2.49 bits per heavy atom. The smallest absolute Gasteiger partial charge is 0.348 e. The molecular formula is C24H25N3O7S. The number of carbonyl (C=O) groups is 5. The molecule has 1 saturated heterocycles. The minimum Gasteiger partial charge on any atom is -0.465 e. The maximum atomic E-state index is 13.3. The van der Waals surface area contributed by atoms with Gasteiger partial charge in [-0.05, 0) is 55.4 Å². The molecule has 1 aromatic heterocycles. The number of anilines is 1. The Balaban J connectivity index is 1.55. The quantitative estimate of drug-likeness (QED) is 0.461. The maximum absolute atomic E-state index is 13.3. The third-order valence-electron chi connectivity index (χ3n) is 6.41. The van der Waals surface area contributed by atoms with Crippen molar-refractivity contribution in [1.29, 1.82) is 0 Å². The highest BCUT2D eigenvalue weighted by atomic mass is 32.1. The Bertz CT molecular complexity index is 1270. The van der Waals surface area contributed by atoms with Crippen LogP contribution in [0.3, 0.4) is 0 Å². The Morgan fingerprint density at radius 1 is 1.11 bits per heavy atom. The van der Waals surface area contributed by atoms with E-state index < -0.39 is 41.9 Å². The van der Waals surface area contributed by atoms with E-state index in [1.165, 1.54) is 26.7 Å². The first kappa shape index (κ1) is 24.4. The number of nitrogens with zero attached hydrogens (tertiary/aromatic N) is 1. The second-order valence-electron chi connectivity index (χ2n) is 8.58. The van der Waals surface area contributed by atoms with Gasteiger partial charge in [-0.3, -0.25) is 14.5 Å². The number of methoxy groups -OCH3 is 2. The van der Waals surface area contributed by atoms with Crippen LogP contribution in [-0.4, -0.2) is 55.4 Å². The molecule has 1 atom stereocenters. The molecule has 1 unspecified atom stereocenters. The van der Waals surface area contributed by atoms with Crippen LogP contribution >= 0.6 is 11.3 Å². The summed E-state index contributed by atoms with van der Waals surface area (Å²) in [5.74, 6) is -2.68. The normalized spacial score (nSPS) is 18.8. The molecule has 0 spiro atoms. The fraction of sp³-hybridized carbons (Fsp3) is 0.375. The lowest BCUT2D eigenvalue weighted by atomic mass is 9.89. The van der Waals surface area contributed by atoms with Crippen LogP contribution in [0, 0.1) is 6.92 Å². The first-order valence-electron chi connectivity index (χ1n) is 11.0. The summed E-state index contributed by atoms with van der Waals surface area (Å²) in [4.78, 5) is 64.1. The molecule has 2 heterocycles. The number of thiophene rings is 1. The first-order valence-corrected chi connectivity index (χ1v) is 11.8. The molecule has 0 radical (unpaired) electrons. The van der Waals surface area contributed by atoms with Gasteiger partial charge < -0.3 is 20.1 Å². The highest BCUT2D eigenvalue weighted by molar-refractivity contribution is 7.18. The number of nitrogens with one attached hydrogen (secondary N) is 2. The zero-order chi connectivity index (χ0) is 25.5. The SMILES string of the molecule is COC(=O)c1sc(NC(=O)CN2C(=O)NC(C)(c3ccc4c(c3)CCC4)C2=O)c(C(=O)OC)c1C. The number of amides is 4. The first-order chi connectivity index (χ1) is 16.6. The number of rotatable bonds is 6. The molecule has 4 amide bonds. The molecule has 35 heavy (non-hydrogen) atoms. The molecule has 1 aromatic carbocycles. The van der Waals surface area contributed by atoms with Crippen molar-refractivity contribution in [2.45, 2.75) is 38.6 Å². The van der Waals surface area contributed by atoms with Gasteiger partial charge in [-0.1, -0.05) is 18.2 Å². The summed E-state index contributed by atoms with van der Waals surface area (Å²) in [6.45, 7) is 2.57. The molecule has 4 rings (SSSR count). The second-order valence-corrected chi connectivity index (χ2v) is 9.60. The number of urea groups is 1. The monoisotopic (exact) mass is 499 g/mol. The molecule has 2 aliphatic rings. The molecule has 2 N–H and O–H groups in total. The van der Waals surface area contributed by atoms with E-state index in [2.05, 4.69) is 10.6 Å². The van der Waals surface area contributed by atoms with Crippen LogP contribution in [0.15, 0.2) is 18.2 Å². The summed E-state index contributed by atoms with van der Waals surface area (Å²) < 4.78 is 9.51. The third kappa shape index (κ3) is 4.16. The van der Waals surface area contributed by atoms with Crippen molar-refractivity contribution in [3.63, 3.8) is 0 Å². The number of hydrogen-bond donors (Lipinski definition) is 2. The van der Waals surface area contributed by atoms with Gasteiger partial charge in [-0.15, -0.1) is 11.3 Å². The van der Waals surface area contributed by atoms with E-state index in [1.54, 1.807) is 6.92 Å². The van der Waals surface area contributed by atoms with Gasteiger partial charge in [0.15, 0.2) is 0 Å². The van der Waals surface area contributed by atoms with E-state index in [9.17, 15) is 24.0 Å². The Morgan fingerprint density at radius 2 is 1.80 bits per heavy atom. The van der Waals surface area contributed by atoms with Gasteiger partial charge in [-0.25, -0.2) is 14.4 Å². The van der Waals surface area contributed by atoms with Gasteiger partial charge >= 0.3 is 18.0 Å². The van der Waals surface area contributed by atoms with Crippen LogP contribution in [0.2, 0.25) is 0 Å². The number of aryl methyl sites for hydroxylation is 2. The third-order valence-corrected chi connectivity index (χ3v) is 7.60. The average Bonchev–Trinajstić information content (AvgIpc) is 3.49. The summed E-state index contributed by atoms with van der Waals surface area (Å²) in [5, 5.41) is 5.30. The van der Waals surface area contributed by atoms with Crippen LogP contribution in [-0.2, 0) is 37.4 Å². The van der Waals surface area contributed by atoms with E-state index in [-0.39, 0.29) is 15.4 Å². The van der Waals surface area contributed by atoms with Gasteiger partial charge in [0, 0.05) is 0 Å².